The molecule has 0 atom stereocenters. The molecule has 0 aliphatic carbocycles. The second-order valence-corrected chi connectivity index (χ2v) is 7.76. The van der Waals surface area contributed by atoms with Gasteiger partial charge in [0.2, 0.25) is 17.6 Å². The number of fused-ring (bicyclic) bond motifs is 3. The monoisotopic (exact) mass is 448 g/mol. The number of carbonyl (C=O) groups excluding carboxylic acids is 2. The zero-order valence-electron chi connectivity index (χ0n) is 17.0. The fraction of sp³-hybridized carbons (Fsp3) is 0.136. The average Bonchev–Trinajstić information content (AvgIpc) is 3.24. The van der Waals surface area contributed by atoms with E-state index in [1.165, 1.54) is 16.3 Å². The third-order valence-corrected chi connectivity index (χ3v) is 5.55. The van der Waals surface area contributed by atoms with Crippen LogP contribution in [-0.4, -0.2) is 43.3 Å². The van der Waals surface area contributed by atoms with E-state index in [1.54, 1.807) is 34.7 Å². The van der Waals surface area contributed by atoms with E-state index in [0.29, 0.717) is 27.5 Å². The third-order valence-electron chi connectivity index (χ3n) is 4.63. The Morgan fingerprint density at radius 1 is 1.03 bits per heavy atom. The molecule has 0 aliphatic heterocycles. The second-order valence-electron chi connectivity index (χ2n) is 6.82. The summed E-state index contributed by atoms with van der Waals surface area (Å²) in [5.74, 6) is -0.228. The van der Waals surface area contributed by atoms with E-state index in [0.717, 1.165) is 0 Å². The van der Waals surface area contributed by atoms with Gasteiger partial charge in [-0.25, -0.2) is 0 Å². The molecular weight excluding hydrogens is 428 g/mol. The molecule has 162 valence electrons. The number of allylic oxidation sites excluding steroid dienone is 1. The Morgan fingerprint density at radius 3 is 2.56 bits per heavy atom. The van der Waals surface area contributed by atoms with Crippen molar-refractivity contribution in [1.29, 1.82) is 0 Å². The van der Waals surface area contributed by atoms with Gasteiger partial charge < -0.3 is 10.6 Å². The number of para-hydroxylation sites is 2. The second kappa shape index (κ2) is 9.48. The fourth-order valence-corrected chi connectivity index (χ4v) is 3.98. The van der Waals surface area contributed by atoms with E-state index in [4.69, 9.17) is 0 Å². The Balaban J connectivity index is 1.48. The van der Waals surface area contributed by atoms with Crippen molar-refractivity contribution in [3.8, 4) is 0 Å². The molecule has 4 aromatic rings. The Bertz CT molecular complexity index is 1360. The summed E-state index contributed by atoms with van der Waals surface area (Å²) >= 11 is 1.17. The minimum absolute atomic E-state index is 0.0360. The van der Waals surface area contributed by atoms with Crippen LogP contribution >= 0.6 is 11.8 Å². The average molecular weight is 449 g/mol. The molecule has 2 aromatic carbocycles. The minimum atomic E-state index is -0.321. The number of aromatic nitrogens is 4. The first-order chi connectivity index (χ1) is 15.6. The van der Waals surface area contributed by atoms with E-state index < -0.39 is 0 Å². The maximum atomic E-state index is 12.8. The lowest BCUT2D eigenvalue weighted by molar-refractivity contribution is -0.122. The summed E-state index contributed by atoms with van der Waals surface area (Å²) in [5.41, 5.74) is 1.13. The first-order valence-electron chi connectivity index (χ1n) is 9.80. The van der Waals surface area contributed by atoms with Gasteiger partial charge in [0.15, 0.2) is 5.16 Å². The number of hydrogen-bond acceptors (Lipinski definition) is 6. The predicted molar refractivity (Wildman–Crippen MR) is 124 cm³/mol. The molecule has 4 rings (SSSR count). The number of benzene rings is 2. The molecule has 0 saturated heterocycles. The van der Waals surface area contributed by atoms with Crippen molar-refractivity contribution in [2.45, 2.75) is 11.7 Å². The van der Waals surface area contributed by atoms with Crippen LogP contribution in [0.1, 0.15) is 0 Å². The number of nitrogens with zero attached hydrogens (tertiary/aromatic N) is 4. The topological polar surface area (TPSA) is 110 Å². The molecule has 2 N–H and O–H groups in total. The van der Waals surface area contributed by atoms with Gasteiger partial charge in [0.25, 0.3) is 5.56 Å². The van der Waals surface area contributed by atoms with Gasteiger partial charge >= 0.3 is 0 Å². The Morgan fingerprint density at radius 2 is 1.78 bits per heavy atom. The summed E-state index contributed by atoms with van der Waals surface area (Å²) in [7, 11) is 0. The number of rotatable bonds is 8. The van der Waals surface area contributed by atoms with Crippen molar-refractivity contribution < 1.29 is 9.59 Å². The standard InChI is InChI=1S/C22H20N6O3S/c1-2-12-27-20(31)16-10-6-7-11-17(16)28-21(27)25-26-22(28)32-14-19(30)23-13-18(29)24-15-8-4-3-5-9-15/h2-11H,1,12-14H2,(H,23,30)(H,24,29). The molecule has 2 heterocycles. The molecule has 0 aliphatic rings. The van der Waals surface area contributed by atoms with Gasteiger partial charge in [-0.15, -0.1) is 16.8 Å². The Kier molecular flexibility index (Phi) is 6.31. The highest BCUT2D eigenvalue weighted by Gasteiger charge is 2.17. The summed E-state index contributed by atoms with van der Waals surface area (Å²) in [6.07, 6.45) is 1.62. The number of amides is 2. The lowest BCUT2D eigenvalue weighted by Crippen LogP contribution is -2.33. The minimum Gasteiger partial charge on any atom is -0.346 e. The van der Waals surface area contributed by atoms with E-state index in [9.17, 15) is 14.4 Å². The van der Waals surface area contributed by atoms with Crippen LogP contribution < -0.4 is 16.2 Å². The number of thioether (sulfide) groups is 1. The van der Waals surface area contributed by atoms with Crippen LogP contribution in [-0.2, 0) is 16.1 Å². The maximum absolute atomic E-state index is 12.8. The Hall–Kier alpha value is -3.92. The highest BCUT2D eigenvalue weighted by atomic mass is 32.2. The van der Waals surface area contributed by atoms with Gasteiger partial charge in [0.05, 0.1) is 23.2 Å². The van der Waals surface area contributed by atoms with Gasteiger partial charge in [0.1, 0.15) is 0 Å². The smallest absolute Gasteiger partial charge is 0.263 e. The van der Waals surface area contributed by atoms with E-state index in [1.807, 2.05) is 30.3 Å². The van der Waals surface area contributed by atoms with Gasteiger partial charge in [-0.1, -0.05) is 48.2 Å². The summed E-state index contributed by atoms with van der Waals surface area (Å²) < 4.78 is 3.24. The molecule has 32 heavy (non-hydrogen) atoms. The zero-order valence-corrected chi connectivity index (χ0v) is 17.8. The summed E-state index contributed by atoms with van der Waals surface area (Å²) in [5, 5.41) is 14.6. The van der Waals surface area contributed by atoms with Crippen LogP contribution in [0.2, 0.25) is 0 Å². The van der Waals surface area contributed by atoms with Gasteiger partial charge in [-0.2, -0.15) is 0 Å². The summed E-state index contributed by atoms with van der Waals surface area (Å²) in [4.78, 5) is 37.1. The van der Waals surface area contributed by atoms with Crippen LogP contribution in [0.15, 0.2) is 77.2 Å². The van der Waals surface area contributed by atoms with Crippen molar-refractivity contribution in [3.05, 3.63) is 77.6 Å². The van der Waals surface area contributed by atoms with Gasteiger partial charge in [0, 0.05) is 12.2 Å². The van der Waals surface area contributed by atoms with E-state index in [-0.39, 0.29) is 36.2 Å². The first-order valence-corrected chi connectivity index (χ1v) is 10.8. The molecule has 2 amide bonds. The predicted octanol–water partition coefficient (Wildman–Crippen LogP) is 2.08. The van der Waals surface area contributed by atoms with E-state index in [2.05, 4.69) is 27.4 Å². The third kappa shape index (κ3) is 4.40. The molecule has 9 nitrogen and oxygen atoms in total. The number of hydrogen-bond donors (Lipinski definition) is 2. The van der Waals surface area contributed by atoms with Crippen molar-refractivity contribution in [2.24, 2.45) is 0 Å². The quantitative estimate of drug-likeness (QED) is 0.315. The van der Waals surface area contributed by atoms with Crippen molar-refractivity contribution in [3.63, 3.8) is 0 Å². The summed E-state index contributed by atoms with van der Waals surface area (Å²) in [6, 6.07) is 16.2. The molecule has 0 unspecified atom stereocenters. The van der Waals surface area contributed by atoms with Crippen molar-refractivity contribution >= 4 is 45.9 Å². The fourth-order valence-electron chi connectivity index (χ4n) is 3.21. The number of anilines is 1. The summed E-state index contributed by atoms with van der Waals surface area (Å²) in [6.45, 7) is 3.85. The molecule has 0 spiro atoms. The SMILES string of the molecule is C=CCn1c(=O)c2ccccc2n2c(SCC(=O)NCC(=O)Nc3ccccc3)nnc12. The maximum Gasteiger partial charge on any atom is 0.263 e. The van der Waals surface area contributed by atoms with Gasteiger partial charge in [-0.05, 0) is 24.3 Å². The largest absolute Gasteiger partial charge is 0.346 e. The highest BCUT2D eigenvalue weighted by Crippen LogP contribution is 2.21. The molecule has 2 aromatic heterocycles. The Labute approximate surface area is 187 Å². The van der Waals surface area contributed by atoms with Crippen LogP contribution in [0.5, 0.6) is 0 Å². The van der Waals surface area contributed by atoms with Crippen LogP contribution in [0.3, 0.4) is 0 Å². The number of nitrogens with one attached hydrogen (secondary N) is 2. The van der Waals surface area contributed by atoms with Crippen LogP contribution in [0.25, 0.3) is 16.7 Å². The molecule has 0 fully saturated rings. The zero-order chi connectivity index (χ0) is 22.5. The first kappa shape index (κ1) is 21.3. The number of carbonyl (C=O) groups is 2. The van der Waals surface area contributed by atoms with E-state index >= 15 is 0 Å². The lowest BCUT2D eigenvalue weighted by Gasteiger charge is -2.09. The molecule has 0 saturated carbocycles. The normalized spacial score (nSPS) is 10.9. The van der Waals surface area contributed by atoms with Crippen molar-refractivity contribution in [1.82, 2.24) is 24.5 Å². The van der Waals surface area contributed by atoms with Crippen LogP contribution in [0, 0.1) is 0 Å². The molecular formula is C22H20N6O3S. The van der Waals surface area contributed by atoms with Crippen LogP contribution in [0.4, 0.5) is 5.69 Å². The molecule has 0 bridgehead atoms. The van der Waals surface area contributed by atoms with Crippen molar-refractivity contribution in [2.75, 3.05) is 17.6 Å². The molecule has 0 radical (unpaired) electrons. The lowest BCUT2D eigenvalue weighted by atomic mass is 10.2. The molecule has 10 heteroatoms. The highest BCUT2D eigenvalue weighted by molar-refractivity contribution is 7.99. The van der Waals surface area contributed by atoms with Gasteiger partial charge in [-0.3, -0.25) is 23.4 Å².